The van der Waals surface area contributed by atoms with Gasteiger partial charge in [0.05, 0.1) is 11.4 Å². The zero-order chi connectivity index (χ0) is 17.4. The van der Waals surface area contributed by atoms with Crippen LogP contribution in [0.2, 0.25) is 0 Å². The van der Waals surface area contributed by atoms with E-state index >= 15 is 0 Å². The van der Waals surface area contributed by atoms with Gasteiger partial charge in [-0.15, -0.1) is 0 Å². The molecule has 130 valence electrons. The summed E-state index contributed by atoms with van der Waals surface area (Å²) < 4.78 is 0. The zero-order valence-corrected chi connectivity index (χ0v) is 15.4. The predicted molar refractivity (Wildman–Crippen MR) is 104 cm³/mol. The fourth-order valence-electron chi connectivity index (χ4n) is 2.89. The lowest BCUT2D eigenvalue weighted by Gasteiger charge is -2.48. The van der Waals surface area contributed by atoms with Gasteiger partial charge in [0, 0.05) is 26.2 Å². The van der Waals surface area contributed by atoms with Crippen molar-refractivity contribution in [1.29, 1.82) is 0 Å². The van der Waals surface area contributed by atoms with Gasteiger partial charge < -0.3 is 0 Å². The van der Waals surface area contributed by atoms with Crippen LogP contribution < -0.4 is 10.2 Å². The Morgan fingerprint density at radius 2 is 0.792 bits per heavy atom. The molecule has 0 aliphatic rings. The summed E-state index contributed by atoms with van der Waals surface area (Å²) in [5.74, 6) is 0. The molecule has 0 N–H and O–H groups in total. The van der Waals surface area contributed by atoms with E-state index in [1.165, 1.54) is 0 Å². The minimum Gasteiger partial charge on any atom is -0.201 e. The first-order chi connectivity index (χ1) is 11.8. The highest BCUT2D eigenvalue weighted by Crippen LogP contribution is 2.26. The molecule has 0 saturated carbocycles. The molecule has 2 rings (SSSR count). The molecule has 2 aromatic rings. The van der Waals surface area contributed by atoms with E-state index in [9.17, 15) is 0 Å². The number of benzene rings is 2. The smallest absolute Gasteiger partial charge is 0.0776 e. The normalized spacial score (nSPS) is 11.1. The van der Waals surface area contributed by atoms with Crippen LogP contribution in [0.15, 0.2) is 60.7 Å². The maximum atomic E-state index is 2.35. The highest BCUT2D eigenvalue weighted by Gasteiger charge is 2.25. The molecule has 0 unspecified atom stereocenters. The lowest BCUT2D eigenvalue weighted by atomic mass is 10.3. The number of anilines is 2. The Morgan fingerprint density at radius 3 is 1.04 bits per heavy atom. The van der Waals surface area contributed by atoms with Gasteiger partial charge >= 0.3 is 0 Å². The highest BCUT2D eigenvalue weighted by atomic mass is 16.0. The van der Waals surface area contributed by atoms with Crippen LogP contribution in [0, 0.1) is 0 Å². The molecule has 0 amide bonds. The van der Waals surface area contributed by atoms with Crippen molar-refractivity contribution in [3.63, 3.8) is 0 Å². The summed E-state index contributed by atoms with van der Waals surface area (Å²) in [6.45, 7) is 12.6. The van der Waals surface area contributed by atoms with Crippen molar-refractivity contribution >= 4 is 11.4 Å². The molecular formula is C20H30N4. The summed E-state index contributed by atoms with van der Waals surface area (Å²) in [5.41, 5.74) is 2.33. The summed E-state index contributed by atoms with van der Waals surface area (Å²) in [5, 5.41) is 9.28. The number of rotatable bonds is 9. The monoisotopic (exact) mass is 326 g/mol. The minimum atomic E-state index is 0.940. The molecule has 0 bridgehead atoms. The van der Waals surface area contributed by atoms with E-state index in [4.69, 9.17) is 0 Å². The van der Waals surface area contributed by atoms with Crippen LogP contribution in [-0.4, -0.2) is 36.2 Å². The Labute approximate surface area is 146 Å². The van der Waals surface area contributed by atoms with Crippen molar-refractivity contribution in [3.8, 4) is 0 Å². The maximum absolute atomic E-state index is 2.35. The second-order valence-electron chi connectivity index (χ2n) is 5.53. The fraction of sp³-hybridized carbons (Fsp3) is 0.400. The lowest BCUT2D eigenvalue weighted by Crippen LogP contribution is -2.61. The SMILES string of the molecule is CCN(CC)N(c1ccccc1)N(c1ccccc1)N(CC)CC. The maximum Gasteiger partial charge on any atom is 0.0776 e. The number of para-hydroxylation sites is 2. The lowest BCUT2D eigenvalue weighted by molar-refractivity contribution is 0.173. The molecule has 0 saturated heterocycles. The first-order valence-corrected chi connectivity index (χ1v) is 8.96. The topological polar surface area (TPSA) is 13.0 Å². The molecule has 0 heterocycles. The average molecular weight is 326 g/mol. The number of nitrogens with zero attached hydrogens (tertiary/aromatic N) is 4. The van der Waals surface area contributed by atoms with Crippen molar-refractivity contribution in [3.05, 3.63) is 60.7 Å². The average Bonchev–Trinajstić information content (AvgIpc) is 2.66. The van der Waals surface area contributed by atoms with E-state index in [1.807, 2.05) is 0 Å². The second-order valence-corrected chi connectivity index (χ2v) is 5.53. The Balaban J connectivity index is 2.55. The Hall–Kier alpha value is -2.04. The van der Waals surface area contributed by atoms with Gasteiger partial charge in [-0.05, 0) is 24.3 Å². The van der Waals surface area contributed by atoms with Crippen molar-refractivity contribution < 1.29 is 0 Å². The van der Waals surface area contributed by atoms with Gasteiger partial charge in [-0.1, -0.05) is 64.1 Å². The first-order valence-electron chi connectivity index (χ1n) is 8.96. The van der Waals surface area contributed by atoms with E-state index in [1.54, 1.807) is 0 Å². The van der Waals surface area contributed by atoms with Crippen LogP contribution in [0.1, 0.15) is 27.7 Å². The summed E-state index contributed by atoms with van der Waals surface area (Å²) in [7, 11) is 0. The standard InChI is InChI=1S/C20H30N4/c1-5-21(6-2)23(19-15-11-9-12-16-19)24(22(7-3)8-4)20-17-13-10-14-18-20/h9-18H,5-8H2,1-4H3. The minimum absolute atomic E-state index is 0.940. The van der Waals surface area contributed by atoms with E-state index in [0.717, 1.165) is 37.6 Å². The highest BCUT2D eigenvalue weighted by molar-refractivity contribution is 5.55. The van der Waals surface area contributed by atoms with E-state index in [-0.39, 0.29) is 0 Å². The predicted octanol–water partition coefficient (Wildman–Crippen LogP) is 4.43. The van der Waals surface area contributed by atoms with Crippen LogP contribution in [0.3, 0.4) is 0 Å². The Bertz CT molecular complexity index is 511. The summed E-state index contributed by atoms with van der Waals surface area (Å²) in [6.07, 6.45) is 0. The molecule has 0 aliphatic carbocycles. The third-order valence-electron chi connectivity index (χ3n) is 4.15. The van der Waals surface area contributed by atoms with Gasteiger partial charge in [-0.25, -0.2) is 10.0 Å². The first kappa shape index (κ1) is 18.3. The third kappa shape index (κ3) is 4.08. The molecular weight excluding hydrogens is 296 g/mol. The molecule has 0 spiro atoms. The number of hydrogen-bond donors (Lipinski definition) is 0. The van der Waals surface area contributed by atoms with E-state index in [0.29, 0.717) is 0 Å². The van der Waals surface area contributed by atoms with Gasteiger partial charge in [-0.2, -0.15) is 10.2 Å². The Kier molecular flexibility index (Phi) is 7.09. The van der Waals surface area contributed by atoms with Gasteiger partial charge in [0.2, 0.25) is 0 Å². The van der Waals surface area contributed by atoms with Crippen molar-refractivity contribution in [2.75, 3.05) is 36.4 Å². The van der Waals surface area contributed by atoms with Crippen molar-refractivity contribution in [2.24, 2.45) is 0 Å². The van der Waals surface area contributed by atoms with Gasteiger partial charge in [0.15, 0.2) is 0 Å². The van der Waals surface area contributed by atoms with E-state index in [2.05, 4.69) is 109 Å². The van der Waals surface area contributed by atoms with Gasteiger partial charge in [0.1, 0.15) is 0 Å². The molecule has 0 atom stereocenters. The second kappa shape index (κ2) is 9.30. The van der Waals surface area contributed by atoms with Crippen LogP contribution >= 0.6 is 0 Å². The summed E-state index contributed by atoms with van der Waals surface area (Å²) in [4.78, 5) is 0. The molecule has 0 aromatic heterocycles. The molecule has 4 nitrogen and oxygen atoms in total. The van der Waals surface area contributed by atoms with Crippen LogP contribution in [-0.2, 0) is 0 Å². The molecule has 0 aliphatic heterocycles. The number of hydrogen-bond acceptors (Lipinski definition) is 4. The van der Waals surface area contributed by atoms with Crippen molar-refractivity contribution in [1.82, 2.24) is 10.0 Å². The molecule has 24 heavy (non-hydrogen) atoms. The van der Waals surface area contributed by atoms with Gasteiger partial charge in [0.25, 0.3) is 0 Å². The van der Waals surface area contributed by atoms with Crippen LogP contribution in [0.4, 0.5) is 11.4 Å². The molecule has 2 aromatic carbocycles. The Morgan fingerprint density at radius 1 is 0.500 bits per heavy atom. The van der Waals surface area contributed by atoms with Crippen LogP contribution in [0.25, 0.3) is 0 Å². The van der Waals surface area contributed by atoms with Crippen molar-refractivity contribution in [2.45, 2.75) is 27.7 Å². The van der Waals surface area contributed by atoms with Crippen LogP contribution in [0.5, 0.6) is 0 Å². The third-order valence-corrected chi connectivity index (χ3v) is 4.15. The molecule has 0 fully saturated rings. The molecule has 0 radical (unpaired) electrons. The van der Waals surface area contributed by atoms with Gasteiger partial charge in [-0.3, -0.25) is 0 Å². The summed E-state index contributed by atoms with van der Waals surface area (Å²) in [6, 6.07) is 21.2. The summed E-state index contributed by atoms with van der Waals surface area (Å²) >= 11 is 0. The quantitative estimate of drug-likeness (QED) is 0.632. The molecule has 4 heteroatoms. The zero-order valence-electron chi connectivity index (χ0n) is 15.4. The number of hydrazine groups is 3. The fourth-order valence-corrected chi connectivity index (χ4v) is 2.89. The van der Waals surface area contributed by atoms with E-state index < -0.39 is 0 Å². The largest absolute Gasteiger partial charge is 0.201 e.